The molecule has 0 heterocycles. The number of esters is 1. The third-order valence-electron chi connectivity index (χ3n) is 3.31. The number of nitro benzene ring substituents is 1. The fraction of sp³-hybridized carbons (Fsp3) is 0.500. The highest BCUT2D eigenvalue weighted by Gasteiger charge is 2.28. The highest BCUT2D eigenvalue weighted by Crippen LogP contribution is 2.32. The van der Waals surface area contributed by atoms with E-state index in [2.05, 4.69) is 10.1 Å². The van der Waals surface area contributed by atoms with Gasteiger partial charge in [0.15, 0.2) is 5.75 Å². The second-order valence-corrected chi connectivity index (χ2v) is 6.40. The van der Waals surface area contributed by atoms with Crippen molar-refractivity contribution in [1.29, 1.82) is 0 Å². The number of nitrogens with zero attached hydrogens (tertiary/aromatic N) is 1. The Bertz CT molecular complexity index is 680. The van der Waals surface area contributed by atoms with Gasteiger partial charge in [0, 0.05) is 12.0 Å². The highest BCUT2D eigenvalue weighted by molar-refractivity contribution is 5.81. The number of benzene rings is 1. The predicted octanol–water partition coefficient (Wildman–Crippen LogP) is 2.22. The van der Waals surface area contributed by atoms with Crippen molar-refractivity contribution < 1.29 is 29.1 Å². The van der Waals surface area contributed by atoms with Crippen LogP contribution in [0.15, 0.2) is 12.1 Å². The maximum absolute atomic E-state index is 11.9. The normalized spacial score (nSPS) is 12.2. The fourth-order valence-electron chi connectivity index (χ4n) is 2.18. The Morgan fingerprint density at radius 2 is 1.96 bits per heavy atom. The van der Waals surface area contributed by atoms with Crippen molar-refractivity contribution in [3.63, 3.8) is 0 Å². The molecule has 1 atom stereocenters. The third kappa shape index (κ3) is 5.63. The number of phenolic OH excluding ortho intramolecular Hbond substituents is 1. The predicted molar refractivity (Wildman–Crippen MR) is 88.4 cm³/mol. The zero-order valence-corrected chi connectivity index (χ0v) is 14.8. The number of alkyl carbamates (subject to hydrolysis) is 1. The molecule has 0 aromatic heterocycles. The Hall–Kier alpha value is -2.84. The summed E-state index contributed by atoms with van der Waals surface area (Å²) in [7, 11) is 1.16. The summed E-state index contributed by atoms with van der Waals surface area (Å²) in [5.41, 5.74) is -0.586. The van der Waals surface area contributed by atoms with E-state index in [1.54, 1.807) is 20.8 Å². The lowest BCUT2D eigenvalue weighted by atomic mass is 9.99. The minimum Gasteiger partial charge on any atom is -0.502 e. The molecule has 25 heavy (non-hydrogen) atoms. The summed E-state index contributed by atoms with van der Waals surface area (Å²) in [4.78, 5) is 34.2. The zero-order valence-electron chi connectivity index (χ0n) is 14.8. The van der Waals surface area contributed by atoms with E-state index >= 15 is 0 Å². The lowest BCUT2D eigenvalue weighted by Gasteiger charge is -2.23. The topological polar surface area (TPSA) is 128 Å². The van der Waals surface area contributed by atoms with Crippen LogP contribution in [-0.4, -0.2) is 40.8 Å². The van der Waals surface area contributed by atoms with E-state index in [0.717, 1.165) is 7.11 Å². The quantitative estimate of drug-likeness (QED) is 0.471. The van der Waals surface area contributed by atoms with Crippen molar-refractivity contribution in [2.75, 3.05) is 7.11 Å². The number of amides is 1. The summed E-state index contributed by atoms with van der Waals surface area (Å²) in [6.07, 6.45) is -0.868. The first-order valence-corrected chi connectivity index (χ1v) is 7.49. The molecular formula is C16H22N2O7. The molecule has 1 amide bonds. The van der Waals surface area contributed by atoms with Crippen LogP contribution in [0.4, 0.5) is 10.5 Å². The Labute approximate surface area is 145 Å². The van der Waals surface area contributed by atoms with Gasteiger partial charge in [-0.3, -0.25) is 10.1 Å². The molecule has 0 unspecified atom stereocenters. The number of hydrogen-bond donors (Lipinski definition) is 2. The van der Waals surface area contributed by atoms with Gasteiger partial charge in [-0.15, -0.1) is 0 Å². The minimum absolute atomic E-state index is 0.0567. The molecule has 0 spiro atoms. The summed E-state index contributed by atoms with van der Waals surface area (Å²) in [5, 5.41) is 23.1. The molecule has 0 aliphatic rings. The van der Waals surface area contributed by atoms with E-state index in [-0.39, 0.29) is 12.0 Å². The summed E-state index contributed by atoms with van der Waals surface area (Å²) in [6.45, 7) is 6.47. The number of methoxy groups -OCH3 is 1. The number of phenols is 1. The maximum atomic E-state index is 11.9. The molecule has 9 heteroatoms. The Kier molecular flexibility index (Phi) is 6.32. The minimum atomic E-state index is -1.09. The van der Waals surface area contributed by atoms with Crippen LogP contribution in [0.5, 0.6) is 5.75 Å². The van der Waals surface area contributed by atoms with E-state index in [4.69, 9.17) is 4.74 Å². The van der Waals surface area contributed by atoms with Gasteiger partial charge in [-0.05, 0) is 39.3 Å². The van der Waals surface area contributed by atoms with Crippen molar-refractivity contribution in [2.45, 2.75) is 45.8 Å². The van der Waals surface area contributed by atoms with Gasteiger partial charge < -0.3 is 19.9 Å². The average Bonchev–Trinajstić information content (AvgIpc) is 2.46. The molecule has 1 aromatic carbocycles. The first-order chi connectivity index (χ1) is 11.5. The number of hydrogen-bond acceptors (Lipinski definition) is 7. The maximum Gasteiger partial charge on any atom is 0.408 e. The molecule has 0 aliphatic carbocycles. The second kappa shape index (κ2) is 7.82. The summed E-state index contributed by atoms with van der Waals surface area (Å²) >= 11 is 0. The molecule has 1 aromatic rings. The van der Waals surface area contributed by atoms with E-state index < -0.39 is 40.1 Å². The lowest BCUT2D eigenvalue weighted by Crippen LogP contribution is -2.45. The number of ether oxygens (including phenoxy) is 2. The van der Waals surface area contributed by atoms with Gasteiger partial charge in [0.05, 0.1) is 12.0 Å². The van der Waals surface area contributed by atoms with E-state index in [1.807, 2.05) is 0 Å². The molecule has 1 rings (SSSR count). The van der Waals surface area contributed by atoms with Crippen LogP contribution < -0.4 is 5.32 Å². The molecule has 2 N–H and O–H groups in total. The number of nitro groups is 1. The summed E-state index contributed by atoms with van der Waals surface area (Å²) in [6, 6.07) is 1.52. The molecule has 0 radical (unpaired) electrons. The Balaban J connectivity index is 3.08. The molecule has 0 saturated carbocycles. The number of carbonyl (C=O) groups is 2. The number of nitrogens with one attached hydrogen (secondary N) is 1. The van der Waals surface area contributed by atoms with E-state index in [9.17, 15) is 24.8 Å². The van der Waals surface area contributed by atoms with Crippen molar-refractivity contribution >= 4 is 17.7 Å². The van der Waals surface area contributed by atoms with E-state index in [1.165, 1.54) is 19.1 Å². The Morgan fingerprint density at radius 1 is 1.36 bits per heavy atom. The molecule has 0 fully saturated rings. The van der Waals surface area contributed by atoms with Gasteiger partial charge in [0.2, 0.25) is 0 Å². The van der Waals surface area contributed by atoms with Gasteiger partial charge in [-0.25, -0.2) is 9.59 Å². The number of rotatable bonds is 5. The van der Waals surface area contributed by atoms with Crippen molar-refractivity contribution in [3.05, 3.63) is 33.4 Å². The van der Waals surface area contributed by atoms with Crippen molar-refractivity contribution in [1.82, 2.24) is 5.32 Å². The standard InChI is InChI=1S/C16H22N2O7/c1-9-10(6-7-12(19)13(9)18(22)23)8-11(14(20)24-5)17-15(21)25-16(2,3)4/h6-7,11,19H,8H2,1-5H3,(H,17,21)/t11-/m0/s1. The molecule has 9 nitrogen and oxygen atoms in total. The van der Waals surface area contributed by atoms with Crippen molar-refractivity contribution in [3.8, 4) is 5.75 Å². The molecule has 138 valence electrons. The van der Waals surface area contributed by atoms with Crippen LogP contribution in [-0.2, 0) is 20.7 Å². The smallest absolute Gasteiger partial charge is 0.408 e. The average molecular weight is 354 g/mol. The largest absolute Gasteiger partial charge is 0.502 e. The Morgan fingerprint density at radius 3 is 2.44 bits per heavy atom. The highest BCUT2D eigenvalue weighted by atomic mass is 16.6. The van der Waals surface area contributed by atoms with Crippen LogP contribution in [0, 0.1) is 17.0 Å². The van der Waals surface area contributed by atoms with Crippen molar-refractivity contribution in [2.24, 2.45) is 0 Å². The van der Waals surface area contributed by atoms with Crippen LogP contribution in [0.2, 0.25) is 0 Å². The fourth-order valence-corrected chi connectivity index (χ4v) is 2.18. The number of carbonyl (C=O) groups excluding carboxylic acids is 2. The van der Waals surface area contributed by atoms with Gasteiger partial charge in [-0.1, -0.05) is 6.07 Å². The lowest BCUT2D eigenvalue weighted by molar-refractivity contribution is -0.386. The van der Waals surface area contributed by atoms with Crippen LogP contribution in [0.1, 0.15) is 31.9 Å². The second-order valence-electron chi connectivity index (χ2n) is 6.40. The van der Waals surface area contributed by atoms with Gasteiger partial charge in [0.1, 0.15) is 11.6 Å². The zero-order chi connectivity index (χ0) is 19.4. The SMILES string of the molecule is COC(=O)[C@H](Cc1ccc(O)c([N+](=O)[O-])c1C)NC(=O)OC(C)(C)C. The molecular weight excluding hydrogens is 332 g/mol. The number of aromatic hydroxyl groups is 1. The first kappa shape index (κ1) is 20.2. The third-order valence-corrected chi connectivity index (χ3v) is 3.31. The molecule has 0 aliphatic heterocycles. The van der Waals surface area contributed by atoms with Gasteiger partial charge in [-0.2, -0.15) is 0 Å². The molecule has 0 bridgehead atoms. The van der Waals surface area contributed by atoms with Crippen LogP contribution in [0.25, 0.3) is 0 Å². The van der Waals surface area contributed by atoms with Crippen LogP contribution in [0.3, 0.4) is 0 Å². The summed E-state index contributed by atoms with van der Waals surface area (Å²) in [5.74, 6) is -1.19. The van der Waals surface area contributed by atoms with E-state index in [0.29, 0.717) is 5.56 Å². The van der Waals surface area contributed by atoms with Gasteiger partial charge >= 0.3 is 17.7 Å². The molecule has 0 saturated heterocycles. The monoisotopic (exact) mass is 354 g/mol. The van der Waals surface area contributed by atoms with Gasteiger partial charge in [0.25, 0.3) is 0 Å². The summed E-state index contributed by atoms with van der Waals surface area (Å²) < 4.78 is 9.77. The van der Waals surface area contributed by atoms with Crippen LogP contribution >= 0.6 is 0 Å². The first-order valence-electron chi connectivity index (χ1n) is 7.49.